The fraction of sp³-hybridized carbons (Fsp3) is 0.545. The van der Waals surface area contributed by atoms with Crippen molar-refractivity contribution in [3.63, 3.8) is 0 Å². The molecule has 0 radical (unpaired) electrons. The summed E-state index contributed by atoms with van der Waals surface area (Å²) in [7, 11) is 0. The molecule has 1 aliphatic heterocycles. The maximum Gasteiger partial charge on any atom is 0.327 e. The van der Waals surface area contributed by atoms with Crippen molar-refractivity contribution in [2.45, 2.75) is 49.9 Å². The topological polar surface area (TPSA) is 142 Å². The summed E-state index contributed by atoms with van der Waals surface area (Å²) in [6, 6.07) is 5.86. The first kappa shape index (κ1) is 27.0. The number of rotatable bonds is 12. The van der Waals surface area contributed by atoms with E-state index < -0.39 is 42.0 Å². The van der Waals surface area contributed by atoms with E-state index in [1.54, 1.807) is 0 Å². The number of hydrogen-bond donors (Lipinski definition) is 5. The van der Waals surface area contributed by atoms with E-state index in [4.69, 9.17) is 5.73 Å². The Labute approximate surface area is 203 Å². The molecule has 1 fully saturated rings. The number of carboxylic acids is 1. The minimum Gasteiger partial charge on any atom is -0.480 e. The van der Waals surface area contributed by atoms with Crippen molar-refractivity contribution in [3.05, 3.63) is 35.9 Å². The fourth-order valence-electron chi connectivity index (χ4n) is 3.70. The molecule has 4 unspecified atom stereocenters. The second-order valence-electron chi connectivity index (χ2n) is 7.91. The van der Waals surface area contributed by atoms with Gasteiger partial charge in [-0.3, -0.25) is 14.4 Å². The molecule has 1 saturated heterocycles. The van der Waals surface area contributed by atoms with Crippen LogP contribution in [0.25, 0.3) is 0 Å². The zero-order valence-corrected chi connectivity index (χ0v) is 20.3. The number of benzene rings is 1. The Morgan fingerprint density at radius 1 is 1.21 bits per heavy atom. The summed E-state index contributed by atoms with van der Waals surface area (Å²) in [4.78, 5) is 51.4. The molecule has 1 aromatic carbocycles. The van der Waals surface area contributed by atoms with Crippen molar-refractivity contribution in [2.75, 3.05) is 24.3 Å². The van der Waals surface area contributed by atoms with E-state index in [1.165, 1.54) is 16.7 Å². The molecule has 2 rings (SSSR count). The number of carboxylic acid groups (broad SMARTS) is 1. The summed E-state index contributed by atoms with van der Waals surface area (Å²) in [5.74, 6) is -2.01. The molecule has 0 spiro atoms. The van der Waals surface area contributed by atoms with Crippen LogP contribution in [-0.2, 0) is 25.6 Å². The number of nitrogens with zero attached hydrogens (tertiary/aromatic N) is 1. The van der Waals surface area contributed by atoms with E-state index in [-0.39, 0.29) is 11.7 Å². The summed E-state index contributed by atoms with van der Waals surface area (Å²) in [5.41, 5.74) is 7.09. The van der Waals surface area contributed by atoms with Crippen molar-refractivity contribution in [3.8, 4) is 0 Å². The lowest BCUT2D eigenvalue weighted by molar-refractivity contribution is -0.142. The Bertz CT molecular complexity index is 826. The van der Waals surface area contributed by atoms with Gasteiger partial charge in [0.25, 0.3) is 0 Å². The zero-order valence-electron chi connectivity index (χ0n) is 18.6. The van der Waals surface area contributed by atoms with Crippen LogP contribution in [-0.4, -0.2) is 82.2 Å². The molecule has 9 nitrogen and oxygen atoms in total. The molecule has 0 saturated carbocycles. The van der Waals surface area contributed by atoms with Crippen LogP contribution in [0.3, 0.4) is 0 Å². The highest BCUT2D eigenvalue weighted by atomic mass is 32.2. The predicted octanol–water partition coefficient (Wildman–Crippen LogP) is 0.285. The number of carbonyl (C=O) groups excluding carboxylic acids is 3. The molecule has 0 aliphatic carbocycles. The van der Waals surface area contributed by atoms with E-state index in [0.717, 1.165) is 5.56 Å². The molecule has 1 aromatic rings. The van der Waals surface area contributed by atoms with Gasteiger partial charge in [0.05, 0.1) is 6.04 Å². The average Bonchev–Trinajstić information content (AvgIpc) is 3.29. The molecule has 3 amide bonds. The normalized spacial score (nSPS) is 18.3. The van der Waals surface area contributed by atoms with Gasteiger partial charge in [0.15, 0.2) is 0 Å². The quantitative estimate of drug-likeness (QED) is 0.262. The standard InChI is InChI=1S/C22H32N4O5S2/c1-33-11-9-16(19(27)25-17(13-32)22(30)31)24-20(28)18-8-5-10-26(18)21(29)15(23)12-14-6-3-2-4-7-14/h2-4,6-7,15-18,32H,5,8-13,23H2,1H3,(H,24,28)(H,25,27)(H,30,31). The maximum absolute atomic E-state index is 13.0. The largest absolute Gasteiger partial charge is 0.480 e. The minimum absolute atomic E-state index is 0.0749. The van der Waals surface area contributed by atoms with E-state index >= 15 is 0 Å². The smallest absolute Gasteiger partial charge is 0.327 e. The molecule has 1 aliphatic rings. The number of nitrogens with two attached hydrogens (primary N) is 1. The van der Waals surface area contributed by atoms with Crippen LogP contribution in [0.1, 0.15) is 24.8 Å². The summed E-state index contributed by atoms with van der Waals surface area (Å²) < 4.78 is 0. The third-order valence-electron chi connectivity index (χ3n) is 5.49. The highest BCUT2D eigenvalue weighted by Crippen LogP contribution is 2.20. The first-order chi connectivity index (χ1) is 15.8. The maximum atomic E-state index is 13.0. The first-order valence-electron chi connectivity index (χ1n) is 10.8. The van der Waals surface area contributed by atoms with Crippen LogP contribution in [0.2, 0.25) is 0 Å². The molecule has 33 heavy (non-hydrogen) atoms. The Kier molecular flexibility index (Phi) is 11.0. The molecule has 4 atom stereocenters. The average molecular weight is 497 g/mol. The van der Waals surface area contributed by atoms with Crippen LogP contribution in [0.15, 0.2) is 30.3 Å². The summed E-state index contributed by atoms with van der Waals surface area (Å²) in [6.45, 7) is 0.418. The van der Waals surface area contributed by atoms with Gasteiger partial charge >= 0.3 is 5.97 Å². The van der Waals surface area contributed by atoms with Crippen molar-refractivity contribution in [1.29, 1.82) is 0 Å². The van der Waals surface area contributed by atoms with Gasteiger partial charge in [-0.15, -0.1) is 0 Å². The molecule has 182 valence electrons. The minimum atomic E-state index is -1.20. The number of carbonyl (C=O) groups is 4. The molecule has 0 aromatic heterocycles. The van der Waals surface area contributed by atoms with Crippen LogP contribution >= 0.6 is 24.4 Å². The van der Waals surface area contributed by atoms with Gasteiger partial charge in [-0.05, 0) is 43.3 Å². The van der Waals surface area contributed by atoms with Crippen molar-refractivity contribution in [2.24, 2.45) is 5.73 Å². The molecule has 1 heterocycles. The van der Waals surface area contributed by atoms with Crippen molar-refractivity contribution >= 4 is 48.1 Å². The lowest BCUT2D eigenvalue weighted by atomic mass is 10.0. The molecule has 11 heteroatoms. The van der Waals surface area contributed by atoms with Crippen LogP contribution in [0.5, 0.6) is 0 Å². The van der Waals surface area contributed by atoms with Gasteiger partial charge in [-0.25, -0.2) is 4.79 Å². The van der Waals surface area contributed by atoms with Gasteiger partial charge in [-0.1, -0.05) is 30.3 Å². The second-order valence-corrected chi connectivity index (χ2v) is 9.26. The predicted molar refractivity (Wildman–Crippen MR) is 131 cm³/mol. The van der Waals surface area contributed by atoms with E-state index in [0.29, 0.717) is 38.0 Å². The number of nitrogens with one attached hydrogen (secondary N) is 2. The third-order valence-corrected chi connectivity index (χ3v) is 6.50. The van der Waals surface area contributed by atoms with Crippen LogP contribution < -0.4 is 16.4 Å². The number of likely N-dealkylation sites (tertiary alicyclic amines) is 1. The molecular formula is C22H32N4O5S2. The van der Waals surface area contributed by atoms with Crippen LogP contribution in [0, 0.1) is 0 Å². The van der Waals surface area contributed by atoms with Gasteiger partial charge in [0.1, 0.15) is 18.1 Å². The Morgan fingerprint density at radius 3 is 2.52 bits per heavy atom. The zero-order chi connectivity index (χ0) is 24.4. The van der Waals surface area contributed by atoms with E-state index in [1.807, 2.05) is 36.6 Å². The highest BCUT2D eigenvalue weighted by Gasteiger charge is 2.37. The molecule has 0 bridgehead atoms. The van der Waals surface area contributed by atoms with E-state index in [9.17, 15) is 24.3 Å². The monoisotopic (exact) mass is 496 g/mol. The van der Waals surface area contributed by atoms with Gasteiger partial charge < -0.3 is 26.4 Å². The Balaban J connectivity index is 2.05. The molecule has 5 N–H and O–H groups in total. The second kappa shape index (κ2) is 13.5. The third kappa shape index (κ3) is 7.94. The summed E-state index contributed by atoms with van der Waals surface area (Å²) in [6.07, 6.45) is 3.69. The fourth-order valence-corrected chi connectivity index (χ4v) is 4.42. The lowest BCUT2D eigenvalue weighted by Gasteiger charge is -2.28. The number of aliphatic carboxylic acids is 1. The Hall–Kier alpha value is -2.24. The highest BCUT2D eigenvalue weighted by molar-refractivity contribution is 7.98. The van der Waals surface area contributed by atoms with Crippen molar-refractivity contribution < 1.29 is 24.3 Å². The van der Waals surface area contributed by atoms with Gasteiger partial charge in [0.2, 0.25) is 17.7 Å². The summed E-state index contributed by atoms with van der Waals surface area (Å²) >= 11 is 5.46. The summed E-state index contributed by atoms with van der Waals surface area (Å²) in [5, 5.41) is 14.3. The van der Waals surface area contributed by atoms with Gasteiger partial charge in [-0.2, -0.15) is 24.4 Å². The van der Waals surface area contributed by atoms with Gasteiger partial charge in [0, 0.05) is 12.3 Å². The number of thioether (sulfide) groups is 1. The van der Waals surface area contributed by atoms with E-state index in [2.05, 4.69) is 23.3 Å². The first-order valence-corrected chi connectivity index (χ1v) is 12.8. The van der Waals surface area contributed by atoms with Crippen molar-refractivity contribution in [1.82, 2.24) is 15.5 Å². The lowest BCUT2D eigenvalue weighted by Crippen LogP contribution is -2.57. The molecular weight excluding hydrogens is 464 g/mol. The Morgan fingerprint density at radius 2 is 1.91 bits per heavy atom. The number of hydrogen-bond acceptors (Lipinski definition) is 7. The SMILES string of the molecule is CSCCC(NC(=O)C1CCCN1C(=O)C(N)Cc1ccccc1)C(=O)NC(CS)C(=O)O. The number of thiol groups is 1. The number of amides is 3. The van der Waals surface area contributed by atoms with Crippen LogP contribution in [0.4, 0.5) is 0 Å².